The molecule has 1 N–H and O–H groups in total. The highest BCUT2D eigenvalue weighted by Gasteiger charge is 2.25. The summed E-state index contributed by atoms with van der Waals surface area (Å²) >= 11 is 0. The number of carbonyl (C=O) groups excluding carboxylic acids is 1. The SMILES string of the molecule is CCCN(CC(=O)OC)C1CNC1. The third kappa shape index (κ3) is 2.97. The van der Waals surface area contributed by atoms with Crippen molar-refractivity contribution in [3.63, 3.8) is 0 Å². The molecule has 1 rings (SSSR count). The molecule has 0 aromatic heterocycles. The van der Waals surface area contributed by atoms with E-state index in [-0.39, 0.29) is 5.97 Å². The minimum atomic E-state index is -0.139. The van der Waals surface area contributed by atoms with Crippen molar-refractivity contribution in [2.24, 2.45) is 0 Å². The topological polar surface area (TPSA) is 41.6 Å². The Morgan fingerprint density at radius 2 is 2.31 bits per heavy atom. The molecular weight excluding hydrogens is 168 g/mol. The number of nitrogens with zero attached hydrogens (tertiary/aromatic N) is 1. The van der Waals surface area contributed by atoms with E-state index in [0.29, 0.717) is 12.6 Å². The third-order valence-electron chi connectivity index (χ3n) is 2.35. The predicted octanol–water partition coefficient (Wildman–Crippen LogP) is -0.157. The van der Waals surface area contributed by atoms with Crippen LogP contribution in [0.2, 0.25) is 0 Å². The van der Waals surface area contributed by atoms with Crippen molar-refractivity contribution in [2.45, 2.75) is 19.4 Å². The molecule has 1 saturated heterocycles. The Bertz CT molecular complexity index is 169. The Morgan fingerprint density at radius 1 is 1.62 bits per heavy atom. The van der Waals surface area contributed by atoms with Crippen LogP contribution in [0.5, 0.6) is 0 Å². The van der Waals surface area contributed by atoms with Crippen LogP contribution in [0.1, 0.15) is 13.3 Å². The van der Waals surface area contributed by atoms with Crippen molar-refractivity contribution in [1.82, 2.24) is 10.2 Å². The molecule has 0 aromatic carbocycles. The summed E-state index contributed by atoms with van der Waals surface area (Å²) in [4.78, 5) is 13.2. The van der Waals surface area contributed by atoms with Crippen molar-refractivity contribution >= 4 is 5.97 Å². The highest BCUT2D eigenvalue weighted by molar-refractivity contribution is 5.71. The van der Waals surface area contributed by atoms with Crippen LogP contribution in [0.15, 0.2) is 0 Å². The summed E-state index contributed by atoms with van der Waals surface area (Å²) in [5, 5.41) is 3.20. The first-order chi connectivity index (χ1) is 6.27. The minimum Gasteiger partial charge on any atom is -0.468 e. The number of rotatable bonds is 5. The fourth-order valence-electron chi connectivity index (χ4n) is 1.44. The predicted molar refractivity (Wildman–Crippen MR) is 50.5 cm³/mol. The molecule has 1 fully saturated rings. The average molecular weight is 186 g/mol. The summed E-state index contributed by atoms with van der Waals surface area (Å²) in [6.45, 7) is 5.52. The largest absolute Gasteiger partial charge is 0.468 e. The molecule has 1 heterocycles. The van der Waals surface area contributed by atoms with Crippen molar-refractivity contribution in [3.05, 3.63) is 0 Å². The van der Waals surface area contributed by atoms with Gasteiger partial charge >= 0.3 is 5.97 Å². The lowest BCUT2D eigenvalue weighted by molar-refractivity contribution is -0.142. The molecule has 4 nitrogen and oxygen atoms in total. The fourth-order valence-corrected chi connectivity index (χ4v) is 1.44. The molecule has 0 saturated carbocycles. The molecule has 0 bridgehead atoms. The number of ether oxygens (including phenoxy) is 1. The van der Waals surface area contributed by atoms with Crippen molar-refractivity contribution in [1.29, 1.82) is 0 Å². The van der Waals surface area contributed by atoms with Gasteiger partial charge < -0.3 is 10.1 Å². The van der Waals surface area contributed by atoms with E-state index in [0.717, 1.165) is 26.1 Å². The van der Waals surface area contributed by atoms with Crippen LogP contribution >= 0.6 is 0 Å². The zero-order valence-corrected chi connectivity index (χ0v) is 8.38. The number of hydrogen-bond donors (Lipinski definition) is 1. The molecule has 76 valence electrons. The Kier molecular flexibility index (Phi) is 4.18. The van der Waals surface area contributed by atoms with E-state index in [9.17, 15) is 4.79 Å². The molecule has 0 radical (unpaired) electrons. The van der Waals surface area contributed by atoms with Gasteiger partial charge in [-0.15, -0.1) is 0 Å². The zero-order valence-electron chi connectivity index (χ0n) is 8.38. The van der Waals surface area contributed by atoms with Gasteiger partial charge in [0.2, 0.25) is 0 Å². The molecule has 13 heavy (non-hydrogen) atoms. The monoisotopic (exact) mass is 186 g/mol. The number of carbonyl (C=O) groups is 1. The van der Waals surface area contributed by atoms with Crippen molar-refractivity contribution < 1.29 is 9.53 Å². The standard InChI is InChI=1S/C9H18N2O2/c1-3-4-11(7-9(12)13-2)8-5-10-6-8/h8,10H,3-7H2,1-2H3. The van der Waals surface area contributed by atoms with Gasteiger partial charge in [-0.25, -0.2) is 0 Å². The van der Waals surface area contributed by atoms with Gasteiger partial charge in [-0.1, -0.05) is 6.92 Å². The van der Waals surface area contributed by atoms with E-state index >= 15 is 0 Å². The smallest absolute Gasteiger partial charge is 0.319 e. The number of hydrogen-bond acceptors (Lipinski definition) is 4. The second-order valence-corrected chi connectivity index (χ2v) is 3.36. The highest BCUT2D eigenvalue weighted by atomic mass is 16.5. The lowest BCUT2D eigenvalue weighted by Crippen LogP contribution is -2.58. The summed E-state index contributed by atoms with van der Waals surface area (Å²) < 4.78 is 4.64. The lowest BCUT2D eigenvalue weighted by atomic mass is 10.1. The van der Waals surface area contributed by atoms with E-state index in [1.165, 1.54) is 7.11 Å². The number of methoxy groups -OCH3 is 1. The Morgan fingerprint density at radius 3 is 2.69 bits per heavy atom. The summed E-state index contributed by atoms with van der Waals surface area (Å²) in [6, 6.07) is 0.527. The Hall–Kier alpha value is -0.610. The maximum atomic E-state index is 11.1. The van der Waals surface area contributed by atoms with Gasteiger partial charge in [0.25, 0.3) is 0 Å². The highest BCUT2D eigenvalue weighted by Crippen LogP contribution is 2.05. The summed E-state index contributed by atoms with van der Waals surface area (Å²) in [5.41, 5.74) is 0. The van der Waals surface area contributed by atoms with Crippen LogP contribution < -0.4 is 5.32 Å². The number of esters is 1. The summed E-state index contributed by atoms with van der Waals surface area (Å²) in [5.74, 6) is -0.139. The second kappa shape index (κ2) is 5.19. The number of nitrogens with one attached hydrogen (secondary N) is 1. The van der Waals surface area contributed by atoms with E-state index in [1.54, 1.807) is 0 Å². The van der Waals surface area contributed by atoms with Crippen LogP contribution in [0.25, 0.3) is 0 Å². The summed E-state index contributed by atoms with van der Waals surface area (Å²) in [7, 11) is 1.44. The van der Waals surface area contributed by atoms with E-state index in [2.05, 4.69) is 21.9 Å². The maximum absolute atomic E-state index is 11.1. The third-order valence-corrected chi connectivity index (χ3v) is 2.35. The first-order valence-corrected chi connectivity index (χ1v) is 4.79. The molecule has 0 aliphatic carbocycles. The van der Waals surface area contributed by atoms with E-state index in [4.69, 9.17) is 0 Å². The fraction of sp³-hybridized carbons (Fsp3) is 0.889. The van der Waals surface area contributed by atoms with E-state index < -0.39 is 0 Å². The van der Waals surface area contributed by atoms with Gasteiger partial charge in [-0.05, 0) is 13.0 Å². The van der Waals surface area contributed by atoms with Crippen LogP contribution in [0.3, 0.4) is 0 Å². The molecule has 0 amide bonds. The van der Waals surface area contributed by atoms with Crippen LogP contribution in [0.4, 0.5) is 0 Å². The molecule has 0 atom stereocenters. The lowest BCUT2D eigenvalue weighted by Gasteiger charge is -2.37. The van der Waals surface area contributed by atoms with Crippen LogP contribution in [0, 0.1) is 0 Å². The first kappa shape index (κ1) is 10.5. The molecule has 0 unspecified atom stereocenters. The van der Waals surface area contributed by atoms with Crippen LogP contribution in [-0.4, -0.2) is 50.2 Å². The average Bonchev–Trinajstić information content (AvgIpc) is 2.01. The summed E-state index contributed by atoms with van der Waals surface area (Å²) in [6.07, 6.45) is 1.08. The molecule has 0 spiro atoms. The van der Waals surface area contributed by atoms with Gasteiger partial charge in [0, 0.05) is 19.1 Å². The van der Waals surface area contributed by atoms with Crippen molar-refractivity contribution in [3.8, 4) is 0 Å². The normalized spacial score (nSPS) is 17.2. The minimum absolute atomic E-state index is 0.139. The molecule has 1 aliphatic rings. The molecule has 1 aliphatic heterocycles. The Balaban J connectivity index is 2.32. The van der Waals surface area contributed by atoms with Crippen molar-refractivity contribution in [2.75, 3.05) is 33.3 Å². The van der Waals surface area contributed by atoms with Gasteiger partial charge in [0.1, 0.15) is 0 Å². The Labute approximate surface area is 79.2 Å². The zero-order chi connectivity index (χ0) is 9.68. The van der Waals surface area contributed by atoms with Gasteiger partial charge in [0.05, 0.1) is 13.7 Å². The first-order valence-electron chi connectivity index (χ1n) is 4.79. The van der Waals surface area contributed by atoms with Gasteiger partial charge in [0.15, 0.2) is 0 Å². The quantitative estimate of drug-likeness (QED) is 0.606. The maximum Gasteiger partial charge on any atom is 0.319 e. The molecule has 4 heteroatoms. The van der Waals surface area contributed by atoms with Gasteiger partial charge in [-0.3, -0.25) is 9.69 Å². The molecule has 0 aromatic rings. The van der Waals surface area contributed by atoms with Crippen LogP contribution in [-0.2, 0) is 9.53 Å². The van der Waals surface area contributed by atoms with Gasteiger partial charge in [-0.2, -0.15) is 0 Å². The second-order valence-electron chi connectivity index (χ2n) is 3.36. The van der Waals surface area contributed by atoms with E-state index in [1.807, 2.05) is 0 Å². The molecular formula is C9H18N2O2.